The first-order valence-electron chi connectivity index (χ1n) is 8.72. The highest BCUT2D eigenvalue weighted by Gasteiger charge is 2.15. The molecule has 0 bridgehead atoms. The van der Waals surface area contributed by atoms with E-state index < -0.39 is 11.7 Å². The fraction of sp³-hybridized carbons (Fsp3) is 0.500. The lowest BCUT2D eigenvalue weighted by molar-refractivity contribution is -0.116. The molecule has 0 radical (unpaired) electrons. The zero-order chi connectivity index (χ0) is 18.7. The number of allylic oxidation sites excluding steroid dienone is 1. The highest BCUT2D eigenvalue weighted by atomic mass is 16.6. The van der Waals surface area contributed by atoms with Crippen LogP contribution < -0.4 is 10.6 Å². The molecule has 5 nitrogen and oxygen atoms in total. The van der Waals surface area contributed by atoms with E-state index in [1.165, 1.54) is 5.56 Å². The van der Waals surface area contributed by atoms with Crippen molar-refractivity contribution in [2.24, 2.45) is 0 Å². The Labute approximate surface area is 150 Å². The van der Waals surface area contributed by atoms with Crippen molar-refractivity contribution in [1.82, 2.24) is 10.6 Å². The zero-order valence-electron chi connectivity index (χ0n) is 15.7. The molecule has 1 aromatic rings. The average molecular weight is 346 g/mol. The van der Waals surface area contributed by atoms with Crippen LogP contribution in [0.15, 0.2) is 42.0 Å². The third-order valence-electron chi connectivity index (χ3n) is 3.35. The Kier molecular flexibility index (Phi) is 8.75. The third-order valence-corrected chi connectivity index (χ3v) is 3.35. The predicted octanol–water partition coefficient (Wildman–Crippen LogP) is 3.60. The lowest BCUT2D eigenvalue weighted by atomic mass is 10.1. The number of nitrogens with one attached hydrogen (secondary N) is 2. The normalized spacial score (nSPS) is 11.8. The highest BCUT2D eigenvalue weighted by molar-refractivity contribution is 5.88. The van der Waals surface area contributed by atoms with Crippen LogP contribution in [-0.4, -0.2) is 30.7 Å². The van der Waals surface area contributed by atoms with Crippen LogP contribution in [0.3, 0.4) is 0 Å². The van der Waals surface area contributed by atoms with Crippen LogP contribution >= 0.6 is 0 Å². The SMILES string of the molecule is C/C(=C\C(=O)NCCCNC(=O)OC(C)(C)C)CCc1ccccc1. The molecule has 1 aromatic carbocycles. The molecule has 0 spiro atoms. The van der Waals surface area contributed by atoms with Crippen molar-refractivity contribution in [3.63, 3.8) is 0 Å². The number of rotatable bonds is 8. The molecule has 2 N–H and O–H groups in total. The molecule has 138 valence electrons. The number of benzene rings is 1. The Morgan fingerprint density at radius 3 is 2.36 bits per heavy atom. The number of hydrogen-bond acceptors (Lipinski definition) is 3. The number of carbonyl (C=O) groups excluding carboxylic acids is 2. The van der Waals surface area contributed by atoms with Gasteiger partial charge in [0.25, 0.3) is 0 Å². The maximum atomic E-state index is 11.8. The summed E-state index contributed by atoms with van der Waals surface area (Å²) in [5.41, 5.74) is 1.82. The highest BCUT2D eigenvalue weighted by Crippen LogP contribution is 2.08. The summed E-state index contributed by atoms with van der Waals surface area (Å²) in [6.07, 6.45) is 3.65. The van der Waals surface area contributed by atoms with Crippen molar-refractivity contribution in [1.29, 1.82) is 0 Å². The maximum Gasteiger partial charge on any atom is 0.407 e. The van der Waals surface area contributed by atoms with Gasteiger partial charge in [-0.1, -0.05) is 35.9 Å². The summed E-state index contributed by atoms with van der Waals surface area (Å²) < 4.78 is 5.13. The van der Waals surface area contributed by atoms with Gasteiger partial charge in [0.2, 0.25) is 5.91 Å². The molecule has 1 rings (SSSR count). The van der Waals surface area contributed by atoms with Crippen LogP contribution in [0.25, 0.3) is 0 Å². The molecule has 0 heterocycles. The minimum atomic E-state index is -0.500. The third kappa shape index (κ3) is 11.0. The minimum Gasteiger partial charge on any atom is -0.444 e. The quantitative estimate of drug-likeness (QED) is 0.558. The molecule has 0 aliphatic carbocycles. The lowest BCUT2D eigenvalue weighted by Gasteiger charge is -2.19. The second-order valence-corrected chi connectivity index (χ2v) is 7.05. The number of carbonyl (C=O) groups is 2. The van der Waals surface area contributed by atoms with E-state index >= 15 is 0 Å². The monoisotopic (exact) mass is 346 g/mol. The summed E-state index contributed by atoms with van der Waals surface area (Å²) in [4.78, 5) is 23.3. The first-order chi connectivity index (χ1) is 11.8. The van der Waals surface area contributed by atoms with Gasteiger partial charge < -0.3 is 15.4 Å². The molecule has 0 saturated heterocycles. The Hall–Kier alpha value is -2.30. The molecule has 2 amide bonds. The van der Waals surface area contributed by atoms with E-state index in [1.54, 1.807) is 6.08 Å². The molecule has 0 aliphatic rings. The largest absolute Gasteiger partial charge is 0.444 e. The summed E-state index contributed by atoms with van der Waals surface area (Å²) in [5, 5.41) is 5.49. The Morgan fingerprint density at radius 2 is 1.72 bits per heavy atom. The van der Waals surface area contributed by atoms with Gasteiger partial charge in [-0.15, -0.1) is 0 Å². The van der Waals surface area contributed by atoms with Gasteiger partial charge in [0.1, 0.15) is 5.60 Å². The molecule has 0 fully saturated rings. The van der Waals surface area contributed by atoms with E-state index in [9.17, 15) is 9.59 Å². The van der Waals surface area contributed by atoms with Crippen molar-refractivity contribution in [3.8, 4) is 0 Å². The van der Waals surface area contributed by atoms with E-state index in [2.05, 4.69) is 22.8 Å². The molecule has 25 heavy (non-hydrogen) atoms. The average Bonchev–Trinajstić information content (AvgIpc) is 2.52. The smallest absolute Gasteiger partial charge is 0.407 e. The van der Waals surface area contributed by atoms with Gasteiger partial charge in [0.05, 0.1) is 0 Å². The standard InChI is InChI=1S/C20H30N2O3/c1-16(11-12-17-9-6-5-7-10-17)15-18(23)21-13-8-14-22-19(24)25-20(2,3)4/h5-7,9-10,15H,8,11-14H2,1-4H3,(H,21,23)(H,22,24)/b16-15+. The summed E-state index contributed by atoms with van der Waals surface area (Å²) in [5.74, 6) is -0.0946. The first kappa shape index (κ1) is 20.7. The number of ether oxygens (including phenoxy) is 1. The molecule has 5 heteroatoms. The van der Waals surface area contributed by atoms with Crippen molar-refractivity contribution < 1.29 is 14.3 Å². The summed E-state index contributed by atoms with van der Waals surface area (Å²) >= 11 is 0. The Morgan fingerprint density at radius 1 is 1.08 bits per heavy atom. The van der Waals surface area contributed by atoms with Gasteiger partial charge in [-0.25, -0.2) is 4.79 Å². The van der Waals surface area contributed by atoms with Crippen LogP contribution in [0.2, 0.25) is 0 Å². The maximum absolute atomic E-state index is 11.8. The number of aryl methyl sites for hydroxylation is 1. The molecule has 0 unspecified atom stereocenters. The Bertz CT molecular complexity index is 574. The molecule has 0 atom stereocenters. The zero-order valence-corrected chi connectivity index (χ0v) is 15.7. The topological polar surface area (TPSA) is 67.4 Å². The van der Waals surface area contributed by atoms with Crippen molar-refractivity contribution >= 4 is 12.0 Å². The predicted molar refractivity (Wildman–Crippen MR) is 100 cm³/mol. The molecule has 0 saturated carbocycles. The summed E-state index contributed by atoms with van der Waals surface area (Å²) in [6, 6.07) is 10.2. The van der Waals surface area contributed by atoms with Crippen molar-refractivity contribution in [2.75, 3.05) is 13.1 Å². The molecule has 0 aromatic heterocycles. The summed E-state index contributed by atoms with van der Waals surface area (Å²) in [7, 11) is 0. The van der Waals surface area contributed by atoms with E-state index in [0.29, 0.717) is 19.5 Å². The number of amides is 2. The van der Waals surface area contributed by atoms with E-state index in [1.807, 2.05) is 45.9 Å². The van der Waals surface area contributed by atoms with E-state index in [4.69, 9.17) is 4.74 Å². The van der Waals surface area contributed by atoms with E-state index in [0.717, 1.165) is 18.4 Å². The van der Waals surface area contributed by atoms with Crippen LogP contribution in [0.5, 0.6) is 0 Å². The van der Waals surface area contributed by atoms with Gasteiger partial charge in [0.15, 0.2) is 0 Å². The first-order valence-corrected chi connectivity index (χ1v) is 8.72. The van der Waals surface area contributed by atoms with Crippen LogP contribution in [0, 0.1) is 0 Å². The molecular formula is C20H30N2O3. The van der Waals surface area contributed by atoms with Gasteiger partial charge >= 0.3 is 6.09 Å². The van der Waals surface area contributed by atoms with Gasteiger partial charge in [-0.2, -0.15) is 0 Å². The van der Waals surface area contributed by atoms with Gasteiger partial charge in [0, 0.05) is 19.2 Å². The molecular weight excluding hydrogens is 316 g/mol. The number of alkyl carbamates (subject to hydrolysis) is 1. The molecule has 0 aliphatic heterocycles. The van der Waals surface area contributed by atoms with Crippen molar-refractivity contribution in [2.45, 2.75) is 52.6 Å². The summed E-state index contributed by atoms with van der Waals surface area (Å²) in [6.45, 7) is 8.40. The fourth-order valence-corrected chi connectivity index (χ4v) is 2.14. The van der Waals surface area contributed by atoms with Gasteiger partial charge in [-0.05, 0) is 52.5 Å². The second kappa shape index (κ2) is 10.5. The van der Waals surface area contributed by atoms with Gasteiger partial charge in [-0.3, -0.25) is 4.79 Å². The lowest BCUT2D eigenvalue weighted by Crippen LogP contribution is -2.34. The Balaban J connectivity index is 2.16. The number of hydrogen-bond donors (Lipinski definition) is 2. The van der Waals surface area contributed by atoms with Crippen molar-refractivity contribution in [3.05, 3.63) is 47.5 Å². The van der Waals surface area contributed by atoms with E-state index in [-0.39, 0.29) is 5.91 Å². The van der Waals surface area contributed by atoms with Crippen LogP contribution in [0.4, 0.5) is 4.79 Å². The second-order valence-electron chi connectivity index (χ2n) is 7.05. The fourth-order valence-electron chi connectivity index (χ4n) is 2.14. The van der Waals surface area contributed by atoms with Crippen LogP contribution in [0.1, 0.15) is 46.1 Å². The van der Waals surface area contributed by atoms with Crippen LogP contribution in [-0.2, 0) is 16.0 Å². The minimum absolute atomic E-state index is 0.0946.